The number of hydrogen-bond acceptors (Lipinski definition) is 3. The smallest absolute Gasteiger partial charge is 0.183 e. The third kappa shape index (κ3) is 3.57. The molecule has 1 N–H and O–H groups in total. The van der Waals surface area contributed by atoms with Gasteiger partial charge >= 0.3 is 0 Å². The van der Waals surface area contributed by atoms with Gasteiger partial charge in [-0.05, 0) is 30.9 Å². The van der Waals surface area contributed by atoms with E-state index in [-0.39, 0.29) is 0 Å². The predicted octanol–water partition coefficient (Wildman–Crippen LogP) is 3.18. The standard InChI is InChI=1S/C10H10BrN3S/c1-7-3-4-8(5-9(7)11)14-10(15-2)13-6-12/h3-5H,1-2H3,(H,13,14). The lowest BCUT2D eigenvalue weighted by Crippen LogP contribution is -2.12. The molecule has 0 fully saturated rings. The number of halogens is 1. The molecule has 0 spiro atoms. The van der Waals surface area contributed by atoms with Gasteiger partial charge in [-0.3, -0.25) is 5.32 Å². The van der Waals surface area contributed by atoms with E-state index in [0.717, 1.165) is 15.7 Å². The molecule has 0 saturated heterocycles. The molecular formula is C10H10BrN3S. The second-order valence-corrected chi connectivity index (χ2v) is 4.44. The Bertz CT molecular complexity index is 423. The molecule has 3 nitrogen and oxygen atoms in total. The topological polar surface area (TPSA) is 48.2 Å². The van der Waals surface area contributed by atoms with Crippen LogP contribution >= 0.6 is 27.7 Å². The Morgan fingerprint density at radius 3 is 2.87 bits per heavy atom. The Labute approximate surface area is 102 Å². The number of rotatable bonds is 1. The lowest BCUT2D eigenvalue weighted by Gasteiger charge is -2.02. The lowest BCUT2D eigenvalue weighted by molar-refractivity contribution is 1.27. The SMILES string of the molecule is CSC(=Nc1ccc(C)c(Br)c1)NC#N. The number of benzene rings is 1. The fraction of sp³-hybridized carbons (Fsp3) is 0.200. The monoisotopic (exact) mass is 283 g/mol. The molecule has 15 heavy (non-hydrogen) atoms. The molecule has 0 aromatic heterocycles. The van der Waals surface area contributed by atoms with Crippen molar-refractivity contribution in [2.45, 2.75) is 6.92 Å². The van der Waals surface area contributed by atoms with Crippen LogP contribution in [-0.2, 0) is 0 Å². The highest BCUT2D eigenvalue weighted by Crippen LogP contribution is 2.23. The molecule has 0 saturated carbocycles. The summed E-state index contributed by atoms with van der Waals surface area (Å²) in [4.78, 5) is 4.28. The van der Waals surface area contributed by atoms with Gasteiger partial charge in [0.15, 0.2) is 11.4 Å². The minimum atomic E-state index is 0.591. The van der Waals surface area contributed by atoms with Crippen LogP contribution in [0.2, 0.25) is 0 Å². The van der Waals surface area contributed by atoms with E-state index in [0.29, 0.717) is 5.17 Å². The summed E-state index contributed by atoms with van der Waals surface area (Å²) in [5, 5.41) is 11.6. The van der Waals surface area contributed by atoms with Crippen molar-refractivity contribution in [3.63, 3.8) is 0 Å². The second-order valence-electron chi connectivity index (χ2n) is 2.79. The summed E-state index contributed by atoms with van der Waals surface area (Å²) in [6.45, 7) is 2.01. The van der Waals surface area contributed by atoms with Gasteiger partial charge < -0.3 is 0 Å². The van der Waals surface area contributed by atoms with Crippen LogP contribution < -0.4 is 5.32 Å². The van der Waals surface area contributed by atoms with Crippen molar-refractivity contribution in [2.75, 3.05) is 6.26 Å². The number of aryl methyl sites for hydroxylation is 1. The van der Waals surface area contributed by atoms with Gasteiger partial charge in [0.1, 0.15) is 0 Å². The first kappa shape index (κ1) is 12.1. The third-order valence-electron chi connectivity index (χ3n) is 1.74. The van der Waals surface area contributed by atoms with Gasteiger partial charge in [-0.25, -0.2) is 4.99 Å². The third-order valence-corrected chi connectivity index (χ3v) is 3.18. The van der Waals surface area contributed by atoms with Gasteiger partial charge in [0, 0.05) is 4.47 Å². The second kappa shape index (κ2) is 5.79. The van der Waals surface area contributed by atoms with Crippen LogP contribution in [0, 0.1) is 18.4 Å². The summed E-state index contributed by atoms with van der Waals surface area (Å²) < 4.78 is 1.01. The minimum absolute atomic E-state index is 0.591. The maximum absolute atomic E-state index is 8.48. The zero-order valence-corrected chi connectivity index (χ0v) is 10.8. The average Bonchev–Trinajstić information content (AvgIpc) is 2.23. The number of hydrogen-bond donors (Lipinski definition) is 1. The first-order valence-corrected chi connectivity index (χ1v) is 6.23. The molecule has 0 atom stereocenters. The van der Waals surface area contributed by atoms with Crippen LogP contribution in [0.15, 0.2) is 27.7 Å². The fourth-order valence-corrected chi connectivity index (χ4v) is 1.65. The van der Waals surface area contributed by atoms with Crippen LogP contribution in [0.5, 0.6) is 0 Å². The lowest BCUT2D eigenvalue weighted by atomic mass is 10.2. The van der Waals surface area contributed by atoms with Gasteiger partial charge in [-0.2, -0.15) is 5.26 Å². The van der Waals surface area contributed by atoms with E-state index < -0.39 is 0 Å². The number of thioether (sulfide) groups is 1. The summed E-state index contributed by atoms with van der Waals surface area (Å²) in [6, 6.07) is 5.81. The van der Waals surface area contributed by atoms with Gasteiger partial charge in [-0.15, -0.1) is 0 Å². The molecule has 1 rings (SSSR count). The van der Waals surface area contributed by atoms with Crippen molar-refractivity contribution >= 4 is 38.5 Å². The molecule has 0 amide bonds. The van der Waals surface area contributed by atoms with Gasteiger partial charge in [0.2, 0.25) is 0 Å². The fourth-order valence-electron chi connectivity index (χ4n) is 0.941. The van der Waals surface area contributed by atoms with Crippen molar-refractivity contribution in [1.29, 1.82) is 5.26 Å². The van der Waals surface area contributed by atoms with Crippen LogP contribution in [0.3, 0.4) is 0 Å². The van der Waals surface area contributed by atoms with E-state index in [9.17, 15) is 0 Å². The number of nitriles is 1. The molecule has 5 heteroatoms. The van der Waals surface area contributed by atoms with Gasteiger partial charge in [0.05, 0.1) is 5.69 Å². The molecule has 0 unspecified atom stereocenters. The number of nitrogens with zero attached hydrogens (tertiary/aromatic N) is 2. The maximum Gasteiger partial charge on any atom is 0.183 e. The molecular weight excluding hydrogens is 274 g/mol. The maximum atomic E-state index is 8.48. The Morgan fingerprint density at radius 2 is 2.33 bits per heavy atom. The van der Waals surface area contributed by atoms with Crippen LogP contribution in [-0.4, -0.2) is 11.4 Å². The van der Waals surface area contributed by atoms with E-state index in [2.05, 4.69) is 26.2 Å². The summed E-state index contributed by atoms with van der Waals surface area (Å²) in [7, 11) is 0. The van der Waals surface area contributed by atoms with Crippen molar-refractivity contribution < 1.29 is 0 Å². The highest BCUT2D eigenvalue weighted by molar-refractivity contribution is 9.10. The molecule has 0 aliphatic heterocycles. The Hall–Kier alpha value is -0.990. The van der Waals surface area contributed by atoms with E-state index in [1.165, 1.54) is 11.8 Å². The first-order valence-electron chi connectivity index (χ1n) is 4.21. The van der Waals surface area contributed by atoms with Crippen LogP contribution in [0.1, 0.15) is 5.56 Å². The van der Waals surface area contributed by atoms with E-state index in [4.69, 9.17) is 5.26 Å². The zero-order valence-electron chi connectivity index (χ0n) is 8.41. The van der Waals surface area contributed by atoms with Gasteiger partial charge in [-0.1, -0.05) is 33.8 Å². The molecule has 78 valence electrons. The van der Waals surface area contributed by atoms with Crippen LogP contribution in [0.4, 0.5) is 5.69 Å². The van der Waals surface area contributed by atoms with Crippen molar-refractivity contribution in [3.05, 3.63) is 28.2 Å². The number of nitrogens with one attached hydrogen (secondary N) is 1. The molecule has 0 aliphatic carbocycles. The Kier molecular flexibility index (Phi) is 4.66. The average molecular weight is 284 g/mol. The molecule has 1 aromatic carbocycles. The van der Waals surface area contributed by atoms with Crippen molar-refractivity contribution in [3.8, 4) is 6.19 Å². The van der Waals surface area contributed by atoms with Crippen molar-refractivity contribution in [1.82, 2.24) is 5.32 Å². The van der Waals surface area contributed by atoms with E-state index >= 15 is 0 Å². The quantitative estimate of drug-likeness (QED) is 0.373. The summed E-state index contributed by atoms with van der Waals surface area (Å²) in [5.41, 5.74) is 1.98. The summed E-state index contributed by atoms with van der Waals surface area (Å²) in [6.07, 6.45) is 3.72. The Morgan fingerprint density at radius 1 is 1.60 bits per heavy atom. The molecule has 0 aliphatic rings. The summed E-state index contributed by atoms with van der Waals surface area (Å²) in [5.74, 6) is 0. The number of aliphatic imine (C=N–C) groups is 1. The molecule has 0 bridgehead atoms. The van der Waals surface area contributed by atoms with Gasteiger partial charge in [0.25, 0.3) is 0 Å². The normalized spacial score (nSPS) is 10.9. The van der Waals surface area contributed by atoms with E-state index in [1.807, 2.05) is 37.6 Å². The highest BCUT2D eigenvalue weighted by atomic mass is 79.9. The van der Waals surface area contributed by atoms with Crippen molar-refractivity contribution in [2.24, 2.45) is 4.99 Å². The largest absolute Gasteiger partial charge is 0.271 e. The number of amidine groups is 1. The van der Waals surface area contributed by atoms with E-state index in [1.54, 1.807) is 0 Å². The molecule has 1 aromatic rings. The molecule has 0 heterocycles. The predicted molar refractivity (Wildman–Crippen MR) is 68.2 cm³/mol. The highest BCUT2D eigenvalue weighted by Gasteiger charge is 1.98. The zero-order chi connectivity index (χ0) is 11.3. The summed E-state index contributed by atoms with van der Waals surface area (Å²) >= 11 is 4.84. The minimum Gasteiger partial charge on any atom is -0.271 e. The Balaban J connectivity index is 2.97. The molecule has 0 radical (unpaired) electrons. The first-order chi connectivity index (χ1) is 7.17. The van der Waals surface area contributed by atoms with Crippen LogP contribution in [0.25, 0.3) is 0 Å².